The summed E-state index contributed by atoms with van der Waals surface area (Å²) in [7, 11) is 0. The molecule has 5 nitrogen and oxygen atoms in total. The van der Waals surface area contributed by atoms with Gasteiger partial charge in [-0.1, -0.05) is 12.1 Å². The summed E-state index contributed by atoms with van der Waals surface area (Å²) < 4.78 is 2.01. The van der Waals surface area contributed by atoms with Crippen LogP contribution in [0.1, 0.15) is 24.8 Å². The Hall–Kier alpha value is -2.04. The average molecular weight is 246 g/mol. The number of hydrogen-bond donors (Lipinski definition) is 2. The number of nitrogens with two attached hydrogens (primary N) is 2. The number of nitrogen functional groups attached to an aromatic ring is 1. The minimum atomic E-state index is -0.255. The van der Waals surface area contributed by atoms with Crippen molar-refractivity contribution in [3.05, 3.63) is 23.8 Å². The number of carbonyl (C=O) groups excluding carboxylic acids is 1. The van der Waals surface area contributed by atoms with Crippen LogP contribution in [0.2, 0.25) is 0 Å². The number of imidazole rings is 1. The summed E-state index contributed by atoms with van der Waals surface area (Å²) in [6, 6.07) is 5.98. The van der Waals surface area contributed by atoms with Crippen LogP contribution >= 0.6 is 0 Å². The third kappa shape index (κ3) is 2.45. The second kappa shape index (κ2) is 5.08. The third-order valence-electron chi connectivity index (χ3n) is 3.05. The lowest BCUT2D eigenvalue weighted by Gasteiger charge is -2.07. The lowest BCUT2D eigenvalue weighted by Crippen LogP contribution is -2.10. The first-order valence-corrected chi connectivity index (χ1v) is 6.09. The van der Waals surface area contributed by atoms with E-state index in [0.29, 0.717) is 12.4 Å². The van der Waals surface area contributed by atoms with Crippen LogP contribution in [0, 0.1) is 6.92 Å². The van der Waals surface area contributed by atoms with Crippen LogP contribution < -0.4 is 11.5 Å². The average Bonchev–Trinajstić information content (AvgIpc) is 2.62. The highest BCUT2D eigenvalue weighted by molar-refractivity contribution is 5.81. The van der Waals surface area contributed by atoms with Gasteiger partial charge in [-0.3, -0.25) is 4.79 Å². The highest BCUT2D eigenvalue weighted by Gasteiger charge is 2.09. The molecule has 1 aromatic carbocycles. The van der Waals surface area contributed by atoms with Gasteiger partial charge in [0.15, 0.2) is 0 Å². The summed E-state index contributed by atoms with van der Waals surface area (Å²) in [6.07, 6.45) is 2.07. The molecule has 0 saturated heterocycles. The van der Waals surface area contributed by atoms with E-state index in [9.17, 15) is 4.79 Å². The van der Waals surface area contributed by atoms with E-state index >= 15 is 0 Å². The van der Waals surface area contributed by atoms with Crippen LogP contribution in [0.15, 0.2) is 18.2 Å². The molecule has 4 N–H and O–H groups in total. The first-order valence-electron chi connectivity index (χ1n) is 6.09. The zero-order valence-corrected chi connectivity index (χ0v) is 10.5. The van der Waals surface area contributed by atoms with Gasteiger partial charge in [-0.15, -0.1) is 0 Å². The van der Waals surface area contributed by atoms with E-state index in [0.717, 1.165) is 36.0 Å². The Morgan fingerprint density at radius 2 is 2.17 bits per heavy atom. The van der Waals surface area contributed by atoms with E-state index in [1.807, 2.05) is 29.7 Å². The summed E-state index contributed by atoms with van der Waals surface area (Å²) in [5.41, 5.74) is 14.2. The molecule has 96 valence electrons. The second-order valence-corrected chi connectivity index (χ2v) is 4.49. The van der Waals surface area contributed by atoms with Crippen LogP contribution in [0.5, 0.6) is 0 Å². The predicted octanol–water partition coefficient (Wildman–Crippen LogP) is 1.58. The third-order valence-corrected chi connectivity index (χ3v) is 3.05. The van der Waals surface area contributed by atoms with Crippen LogP contribution in [0.4, 0.5) is 5.95 Å². The molecule has 0 fully saturated rings. The normalized spacial score (nSPS) is 10.9. The first kappa shape index (κ1) is 12.4. The Labute approximate surface area is 106 Å². The Morgan fingerprint density at radius 3 is 2.89 bits per heavy atom. The number of hydrogen-bond acceptors (Lipinski definition) is 3. The molecule has 0 aliphatic heterocycles. The maximum absolute atomic E-state index is 10.7. The number of unbranched alkanes of at least 4 members (excludes halogenated alkanes) is 1. The standard InChI is InChI=1S/C13H18N4O/c1-9-5-4-6-10-12(9)17(13(15)16-10)8-3-2-7-11(14)18/h4-6H,2-3,7-8H2,1H3,(H2,14,18)(H2,15,16). The van der Waals surface area contributed by atoms with E-state index in [1.54, 1.807) is 0 Å². The molecular formula is C13H18N4O. The van der Waals surface area contributed by atoms with Crippen molar-refractivity contribution in [3.63, 3.8) is 0 Å². The van der Waals surface area contributed by atoms with Crippen molar-refractivity contribution in [2.24, 2.45) is 5.73 Å². The van der Waals surface area contributed by atoms with E-state index < -0.39 is 0 Å². The molecule has 0 aliphatic carbocycles. The summed E-state index contributed by atoms with van der Waals surface area (Å²) in [5.74, 6) is 0.271. The minimum absolute atomic E-state index is 0.255. The fourth-order valence-electron chi connectivity index (χ4n) is 2.18. The van der Waals surface area contributed by atoms with Gasteiger partial charge in [-0.2, -0.15) is 0 Å². The topological polar surface area (TPSA) is 86.9 Å². The van der Waals surface area contributed by atoms with Crippen molar-refractivity contribution in [1.82, 2.24) is 9.55 Å². The van der Waals surface area contributed by atoms with Gasteiger partial charge < -0.3 is 16.0 Å². The van der Waals surface area contributed by atoms with Crippen LogP contribution in [0.25, 0.3) is 11.0 Å². The second-order valence-electron chi connectivity index (χ2n) is 4.49. The summed E-state index contributed by atoms with van der Waals surface area (Å²) in [6.45, 7) is 2.81. The maximum Gasteiger partial charge on any atom is 0.217 e. The number of carbonyl (C=O) groups is 1. The molecule has 2 rings (SSSR count). The number of benzene rings is 1. The number of aromatic nitrogens is 2. The van der Waals surface area contributed by atoms with Crippen molar-refractivity contribution in [2.45, 2.75) is 32.7 Å². The highest BCUT2D eigenvalue weighted by atomic mass is 16.1. The van der Waals surface area contributed by atoms with Gasteiger partial charge >= 0.3 is 0 Å². The van der Waals surface area contributed by atoms with Crippen molar-refractivity contribution < 1.29 is 4.79 Å². The molecule has 0 saturated carbocycles. The molecule has 0 aliphatic rings. The van der Waals surface area contributed by atoms with E-state index in [2.05, 4.69) is 4.98 Å². The van der Waals surface area contributed by atoms with E-state index in [4.69, 9.17) is 11.5 Å². The minimum Gasteiger partial charge on any atom is -0.370 e. The number of aryl methyl sites for hydroxylation is 2. The summed E-state index contributed by atoms with van der Waals surface area (Å²) in [5, 5.41) is 0. The van der Waals surface area contributed by atoms with Gasteiger partial charge in [0.1, 0.15) is 0 Å². The largest absolute Gasteiger partial charge is 0.370 e. The molecule has 18 heavy (non-hydrogen) atoms. The lowest BCUT2D eigenvalue weighted by molar-refractivity contribution is -0.118. The molecule has 1 aromatic heterocycles. The fraction of sp³-hybridized carbons (Fsp3) is 0.385. The van der Waals surface area contributed by atoms with Crippen molar-refractivity contribution in [3.8, 4) is 0 Å². The molecule has 0 radical (unpaired) electrons. The Kier molecular flexibility index (Phi) is 3.50. The molecule has 0 bridgehead atoms. The Balaban J connectivity index is 2.17. The number of amides is 1. The molecule has 1 amide bonds. The van der Waals surface area contributed by atoms with Gasteiger partial charge in [0, 0.05) is 13.0 Å². The quantitative estimate of drug-likeness (QED) is 0.785. The highest BCUT2D eigenvalue weighted by Crippen LogP contribution is 2.21. The van der Waals surface area contributed by atoms with Gasteiger partial charge in [0.25, 0.3) is 0 Å². The fourth-order valence-corrected chi connectivity index (χ4v) is 2.18. The molecule has 5 heteroatoms. The van der Waals surface area contributed by atoms with Crippen LogP contribution in [0.3, 0.4) is 0 Å². The maximum atomic E-state index is 10.7. The summed E-state index contributed by atoms with van der Waals surface area (Å²) >= 11 is 0. The van der Waals surface area contributed by atoms with Crippen LogP contribution in [-0.4, -0.2) is 15.5 Å². The lowest BCUT2D eigenvalue weighted by atomic mass is 10.2. The smallest absolute Gasteiger partial charge is 0.217 e. The monoisotopic (exact) mass is 246 g/mol. The number of fused-ring (bicyclic) bond motifs is 1. The molecule has 1 heterocycles. The number of para-hydroxylation sites is 1. The molecule has 0 atom stereocenters. The first-order chi connectivity index (χ1) is 8.59. The van der Waals surface area contributed by atoms with Crippen molar-refractivity contribution >= 4 is 22.9 Å². The van der Waals surface area contributed by atoms with Crippen LogP contribution in [-0.2, 0) is 11.3 Å². The molecular weight excluding hydrogens is 228 g/mol. The number of nitrogens with zero attached hydrogens (tertiary/aromatic N) is 2. The van der Waals surface area contributed by atoms with E-state index in [-0.39, 0.29) is 5.91 Å². The van der Waals surface area contributed by atoms with Gasteiger partial charge in [0.2, 0.25) is 11.9 Å². The molecule has 2 aromatic rings. The summed E-state index contributed by atoms with van der Waals surface area (Å²) in [4.78, 5) is 15.0. The van der Waals surface area contributed by atoms with Crippen molar-refractivity contribution in [1.29, 1.82) is 0 Å². The van der Waals surface area contributed by atoms with Gasteiger partial charge in [-0.05, 0) is 31.4 Å². The zero-order chi connectivity index (χ0) is 13.1. The molecule has 0 unspecified atom stereocenters. The number of rotatable bonds is 5. The Morgan fingerprint density at radius 1 is 1.39 bits per heavy atom. The molecule has 0 spiro atoms. The number of anilines is 1. The Bertz CT molecular complexity index is 574. The van der Waals surface area contributed by atoms with Gasteiger partial charge in [0.05, 0.1) is 11.0 Å². The van der Waals surface area contributed by atoms with Crippen molar-refractivity contribution in [2.75, 3.05) is 5.73 Å². The zero-order valence-electron chi connectivity index (χ0n) is 10.5. The number of primary amides is 1. The van der Waals surface area contributed by atoms with Gasteiger partial charge in [-0.25, -0.2) is 4.98 Å². The van der Waals surface area contributed by atoms with E-state index in [1.165, 1.54) is 0 Å². The predicted molar refractivity (Wildman–Crippen MR) is 71.9 cm³/mol. The SMILES string of the molecule is Cc1cccc2nc(N)n(CCCCC(N)=O)c12.